The number of piperazine rings is 1. The lowest BCUT2D eigenvalue weighted by atomic mass is 10.1. The van der Waals surface area contributed by atoms with Crippen molar-refractivity contribution >= 4 is 34.9 Å². The van der Waals surface area contributed by atoms with Crippen molar-refractivity contribution in [2.45, 2.75) is 37.6 Å². The molecule has 10 heteroatoms. The normalized spacial score (nSPS) is 18.9. The van der Waals surface area contributed by atoms with E-state index in [4.69, 9.17) is 5.73 Å². The van der Waals surface area contributed by atoms with Crippen LogP contribution in [0.3, 0.4) is 0 Å². The SMILES string of the molecule is CN[C@@H]1CCCN(c2cnc(C(N)=O)c(Nc3ccc(N4CCN(C)CC4)cc3)c2)C1.O=Cc1ccc(C2CC2)cc1F. The predicted octanol–water partition coefficient (Wildman–Crippen LogP) is 4.38. The second-order valence-corrected chi connectivity index (χ2v) is 11.7. The minimum atomic E-state index is -0.533. The molecule has 3 fully saturated rings. The standard InChI is InChI=1S/C23H33N7O.C10H9FO/c1-25-18-4-3-9-30(16-18)20-14-21(22(23(24)31)26-15-20)27-17-5-7-19(8-6-17)29-12-10-28(2)11-13-29;11-10-5-8(7-1-2-7)3-4-9(10)6-12/h5-8,14-15,18,25,27H,3-4,9-13,16H2,1-2H3,(H2,24,31);3-7H,1-2H2/t18-;/m1./s1. The van der Waals surface area contributed by atoms with Gasteiger partial charge in [-0.3, -0.25) is 9.59 Å². The van der Waals surface area contributed by atoms with Crippen LogP contribution in [0.2, 0.25) is 0 Å². The zero-order valence-corrected chi connectivity index (χ0v) is 25.1. The number of aromatic nitrogens is 1. The number of carbonyl (C=O) groups is 2. The van der Waals surface area contributed by atoms with Crippen LogP contribution < -0.4 is 26.2 Å². The molecule has 3 aliphatic rings. The summed E-state index contributed by atoms with van der Waals surface area (Å²) < 4.78 is 13.0. The maximum absolute atomic E-state index is 13.0. The number of primary amides is 1. The molecule has 228 valence electrons. The first-order chi connectivity index (χ1) is 20.8. The molecule has 6 rings (SSSR count). The van der Waals surface area contributed by atoms with Gasteiger partial charge in [-0.1, -0.05) is 6.07 Å². The number of hydrogen-bond donors (Lipinski definition) is 3. The number of carbonyl (C=O) groups excluding carboxylic acids is 2. The number of amides is 1. The van der Waals surface area contributed by atoms with Gasteiger partial charge in [0, 0.05) is 56.7 Å². The molecule has 3 heterocycles. The van der Waals surface area contributed by atoms with Crippen molar-refractivity contribution in [1.29, 1.82) is 0 Å². The molecule has 0 bridgehead atoms. The van der Waals surface area contributed by atoms with E-state index in [1.165, 1.54) is 18.2 Å². The smallest absolute Gasteiger partial charge is 0.269 e. The summed E-state index contributed by atoms with van der Waals surface area (Å²) in [6.45, 7) is 6.12. The number of nitrogens with two attached hydrogens (primary N) is 1. The van der Waals surface area contributed by atoms with Crippen molar-refractivity contribution in [3.8, 4) is 0 Å². The first-order valence-corrected chi connectivity index (χ1v) is 15.1. The second-order valence-electron chi connectivity index (χ2n) is 11.7. The van der Waals surface area contributed by atoms with Gasteiger partial charge in [-0.05, 0) is 93.7 Å². The summed E-state index contributed by atoms with van der Waals surface area (Å²) in [5, 5.41) is 6.73. The minimum Gasteiger partial charge on any atom is -0.369 e. The Hall–Kier alpha value is -4.02. The highest BCUT2D eigenvalue weighted by Gasteiger charge is 2.24. The number of pyridine rings is 1. The van der Waals surface area contributed by atoms with Gasteiger partial charge >= 0.3 is 0 Å². The number of benzene rings is 2. The Morgan fingerprint density at radius 2 is 1.72 bits per heavy atom. The molecule has 1 atom stereocenters. The summed E-state index contributed by atoms with van der Waals surface area (Å²) >= 11 is 0. The number of halogens is 1. The summed E-state index contributed by atoms with van der Waals surface area (Å²) in [4.78, 5) is 33.7. The molecule has 0 unspecified atom stereocenters. The average Bonchev–Trinajstić information content (AvgIpc) is 3.88. The van der Waals surface area contributed by atoms with Crippen molar-refractivity contribution in [2.24, 2.45) is 5.73 Å². The lowest BCUT2D eigenvalue weighted by Gasteiger charge is -2.34. The van der Waals surface area contributed by atoms with Gasteiger partial charge in [-0.15, -0.1) is 0 Å². The summed E-state index contributed by atoms with van der Waals surface area (Å²) in [5.74, 6) is -0.385. The Morgan fingerprint density at radius 1 is 0.977 bits per heavy atom. The largest absolute Gasteiger partial charge is 0.369 e. The van der Waals surface area contributed by atoms with Gasteiger partial charge in [0.05, 0.1) is 23.1 Å². The molecule has 1 amide bonds. The first kappa shape index (κ1) is 30.4. The van der Waals surface area contributed by atoms with Crippen LogP contribution in [0.25, 0.3) is 0 Å². The van der Waals surface area contributed by atoms with Crippen molar-refractivity contribution in [2.75, 3.05) is 68.5 Å². The monoisotopic (exact) mass is 587 g/mol. The topological polar surface area (TPSA) is 107 Å². The highest BCUT2D eigenvalue weighted by molar-refractivity contribution is 5.97. The van der Waals surface area contributed by atoms with E-state index in [0.717, 1.165) is 75.5 Å². The fourth-order valence-corrected chi connectivity index (χ4v) is 5.65. The molecule has 1 aromatic heterocycles. The number of hydrogen-bond acceptors (Lipinski definition) is 8. The number of rotatable bonds is 8. The molecule has 3 aromatic rings. The van der Waals surface area contributed by atoms with E-state index in [-0.39, 0.29) is 11.3 Å². The summed E-state index contributed by atoms with van der Waals surface area (Å²) in [5.41, 5.74) is 10.8. The van der Waals surface area contributed by atoms with E-state index in [0.29, 0.717) is 23.9 Å². The van der Waals surface area contributed by atoms with E-state index in [1.54, 1.807) is 12.3 Å². The molecule has 1 saturated carbocycles. The number of piperidine rings is 1. The zero-order chi connectivity index (χ0) is 30.3. The van der Waals surface area contributed by atoms with Crippen molar-refractivity contribution in [1.82, 2.24) is 15.2 Å². The molecule has 9 nitrogen and oxygen atoms in total. The lowest BCUT2D eigenvalue weighted by molar-refractivity contribution is 0.0996. The Balaban J connectivity index is 0.000000255. The van der Waals surface area contributed by atoms with Crippen LogP contribution in [0.1, 0.15) is 58.0 Å². The number of nitrogens with one attached hydrogen (secondary N) is 2. The third-order valence-electron chi connectivity index (χ3n) is 8.52. The van der Waals surface area contributed by atoms with E-state index < -0.39 is 11.7 Å². The van der Waals surface area contributed by atoms with Crippen LogP contribution in [0.15, 0.2) is 54.7 Å². The third kappa shape index (κ3) is 7.88. The van der Waals surface area contributed by atoms with Crippen molar-refractivity contribution in [3.05, 3.63) is 77.4 Å². The van der Waals surface area contributed by atoms with Crippen molar-refractivity contribution in [3.63, 3.8) is 0 Å². The van der Waals surface area contributed by atoms with E-state index in [2.05, 4.69) is 49.5 Å². The highest BCUT2D eigenvalue weighted by atomic mass is 19.1. The van der Waals surface area contributed by atoms with Gasteiger partial charge in [0.25, 0.3) is 5.91 Å². The fraction of sp³-hybridized carbons (Fsp3) is 0.424. The molecule has 0 radical (unpaired) electrons. The van der Waals surface area contributed by atoms with Crippen LogP contribution in [0.5, 0.6) is 0 Å². The highest BCUT2D eigenvalue weighted by Crippen LogP contribution is 2.40. The molecule has 43 heavy (non-hydrogen) atoms. The predicted molar refractivity (Wildman–Crippen MR) is 170 cm³/mol. The van der Waals surface area contributed by atoms with Crippen LogP contribution in [0.4, 0.5) is 27.1 Å². The van der Waals surface area contributed by atoms with Gasteiger partial charge < -0.3 is 31.1 Å². The maximum atomic E-state index is 13.0. The van der Waals surface area contributed by atoms with Crippen LogP contribution in [0, 0.1) is 5.82 Å². The summed E-state index contributed by atoms with van der Waals surface area (Å²) in [6, 6.07) is 15.6. The number of nitrogens with zero attached hydrogens (tertiary/aromatic N) is 4. The number of likely N-dealkylation sites (N-methyl/N-ethyl adjacent to an activating group) is 2. The van der Waals surface area contributed by atoms with Crippen molar-refractivity contribution < 1.29 is 14.0 Å². The Kier molecular flexibility index (Phi) is 9.89. The number of anilines is 4. The minimum absolute atomic E-state index is 0.152. The van der Waals surface area contributed by atoms with Gasteiger partial charge in [0.2, 0.25) is 0 Å². The Labute approximate surface area is 253 Å². The molecular weight excluding hydrogens is 545 g/mol. The molecule has 2 aliphatic heterocycles. The first-order valence-electron chi connectivity index (χ1n) is 15.1. The van der Waals surface area contributed by atoms with Gasteiger partial charge in [0.1, 0.15) is 5.82 Å². The third-order valence-corrected chi connectivity index (χ3v) is 8.52. The lowest BCUT2D eigenvalue weighted by Crippen LogP contribution is -2.44. The molecule has 1 aliphatic carbocycles. The average molecular weight is 588 g/mol. The summed E-state index contributed by atoms with van der Waals surface area (Å²) in [7, 11) is 4.16. The second kappa shape index (κ2) is 14.0. The van der Waals surface area contributed by atoms with Gasteiger partial charge in [0.15, 0.2) is 12.0 Å². The number of aldehydes is 1. The van der Waals surface area contributed by atoms with Crippen LogP contribution in [-0.2, 0) is 0 Å². The fourth-order valence-electron chi connectivity index (χ4n) is 5.65. The van der Waals surface area contributed by atoms with E-state index in [1.807, 2.05) is 31.3 Å². The molecule has 0 spiro atoms. The summed E-state index contributed by atoms with van der Waals surface area (Å²) in [6.07, 6.45) is 6.90. The van der Waals surface area contributed by atoms with Crippen LogP contribution in [-0.4, -0.2) is 81.5 Å². The molecular formula is C33H42FN7O2. The van der Waals surface area contributed by atoms with Gasteiger partial charge in [-0.2, -0.15) is 0 Å². The molecule has 2 saturated heterocycles. The van der Waals surface area contributed by atoms with Crippen LogP contribution >= 0.6 is 0 Å². The Bertz CT molecular complexity index is 1400. The molecule has 4 N–H and O–H groups in total. The van der Waals surface area contributed by atoms with E-state index >= 15 is 0 Å². The zero-order valence-electron chi connectivity index (χ0n) is 25.1. The Morgan fingerprint density at radius 3 is 2.35 bits per heavy atom. The molecule has 2 aromatic carbocycles. The maximum Gasteiger partial charge on any atom is 0.269 e. The quantitative estimate of drug-likeness (QED) is 0.334. The van der Waals surface area contributed by atoms with E-state index in [9.17, 15) is 14.0 Å². The van der Waals surface area contributed by atoms with Gasteiger partial charge in [-0.25, -0.2) is 9.37 Å².